The third kappa shape index (κ3) is 16.0. The Morgan fingerprint density at radius 1 is 0.387 bits per heavy atom. The molecule has 5 fully saturated rings. The van der Waals surface area contributed by atoms with Crippen molar-refractivity contribution in [1.82, 2.24) is 36.4 Å². The van der Waals surface area contributed by atoms with Crippen LogP contribution in [0.15, 0.2) is 164 Å². The fourth-order valence-electron chi connectivity index (χ4n) is 14.3. The normalized spacial score (nSPS) is 23.0. The third-order valence-electron chi connectivity index (χ3n) is 19.8. The summed E-state index contributed by atoms with van der Waals surface area (Å²) in [5.74, 6) is -4.69. The summed E-state index contributed by atoms with van der Waals surface area (Å²) >= 11 is 0. The van der Waals surface area contributed by atoms with Crippen LogP contribution in [0.1, 0.15) is 156 Å². The molecule has 10 atom stereocenters. The zero-order valence-electron chi connectivity index (χ0n) is 52.8. The number of likely N-dealkylation sites (tertiary alicyclic amines) is 2. The van der Waals surface area contributed by atoms with Crippen LogP contribution in [0.3, 0.4) is 0 Å². The van der Waals surface area contributed by atoms with Crippen LogP contribution in [-0.2, 0) is 33.4 Å². The van der Waals surface area contributed by atoms with Gasteiger partial charge in [0.05, 0.1) is 30.3 Å². The van der Waals surface area contributed by atoms with Crippen LogP contribution in [0.5, 0.6) is 0 Å². The molecule has 6 aromatic carbocycles. The van der Waals surface area contributed by atoms with Crippen molar-refractivity contribution >= 4 is 47.5 Å². The van der Waals surface area contributed by atoms with Gasteiger partial charge in [-0.15, -0.1) is 0 Å². The van der Waals surface area contributed by atoms with Crippen LogP contribution in [0.25, 0.3) is 11.1 Å². The number of esters is 1. The van der Waals surface area contributed by atoms with Gasteiger partial charge >= 0.3 is 12.1 Å². The maximum atomic E-state index is 14.3. The molecule has 6 aromatic rings. The Bertz CT molecular complexity index is 3510. The molecular weight excluding hydrogens is 1170 g/mol. The van der Waals surface area contributed by atoms with Crippen LogP contribution in [0.4, 0.5) is 4.79 Å². The fourth-order valence-corrected chi connectivity index (χ4v) is 14.3. The molecule has 12 rings (SSSR count). The Labute approximate surface area is 544 Å². The first-order chi connectivity index (χ1) is 45.4. The van der Waals surface area contributed by atoms with Crippen molar-refractivity contribution in [1.29, 1.82) is 0 Å². The lowest BCUT2D eigenvalue weighted by atomic mass is 9.94. The highest BCUT2D eigenvalue weighted by molar-refractivity contribution is 6.00. The Kier molecular flexibility index (Phi) is 20.7. The second-order valence-corrected chi connectivity index (χ2v) is 26.3. The lowest BCUT2D eigenvalue weighted by molar-refractivity contribution is -0.142. The van der Waals surface area contributed by atoms with E-state index in [1.54, 1.807) is 34.1 Å². The van der Waals surface area contributed by atoms with E-state index in [9.17, 15) is 38.4 Å². The largest absolute Gasteiger partial charge is 0.464 e. The first kappa shape index (κ1) is 64.0. The first-order valence-corrected chi connectivity index (χ1v) is 33.7. The third-order valence-corrected chi connectivity index (χ3v) is 19.8. The maximum Gasteiger partial charge on any atom is 0.407 e. The molecule has 0 spiro atoms. The topological polar surface area (TPSA) is 222 Å². The van der Waals surface area contributed by atoms with E-state index in [-0.39, 0.29) is 117 Å². The van der Waals surface area contributed by atoms with E-state index in [4.69, 9.17) is 9.47 Å². The van der Waals surface area contributed by atoms with Gasteiger partial charge in [-0.2, -0.15) is 0 Å². The maximum absolute atomic E-state index is 14.3. The molecule has 93 heavy (non-hydrogen) atoms. The zero-order chi connectivity index (χ0) is 64.2. The minimum absolute atomic E-state index is 0.0488. The molecule has 17 nitrogen and oxygen atoms in total. The predicted molar refractivity (Wildman–Crippen MR) is 353 cm³/mol. The molecular formula is C76H85N7O10. The number of alkyl carbamates (subject to hydrolysis) is 1. The number of rotatable bonds is 29. The van der Waals surface area contributed by atoms with Gasteiger partial charge in [0.1, 0.15) is 13.2 Å². The summed E-state index contributed by atoms with van der Waals surface area (Å²) in [6.45, 7) is 0.933. The first-order valence-electron chi connectivity index (χ1n) is 33.7. The highest BCUT2D eigenvalue weighted by Gasteiger charge is 2.50. The van der Waals surface area contributed by atoms with E-state index in [0.717, 1.165) is 122 Å². The number of carbonyl (C=O) groups excluding carboxylic acids is 8. The Hall–Kier alpha value is -9.12. The summed E-state index contributed by atoms with van der Waals surface area (Å²) in [6, 6.07) is 52.6. The van der Waals surface area contributed by atoms with Gasteiger partial charge in [-0.3, -0.25) is 33.6 Å². The summed E-state index contributed by atoms with van der Waals surface area (Å²) in [5, 5.41) is 15.2. The van der Waals surface area contributed by atoms with Gasteiger partial charge in [0.2, 0.25) is 23.6 Å². The van der Waals surface area contributed by atoms with E-state index in [2.05, 4.69) is 87.2 Å². The molecule has 0 bridgehead atoms. The van der Waals surface area contributed by atoms with Gasteiger partial charge in [-0.25, -0.2) is 4.79 Å². The van der Waals surface area contributed by atoms with Gasteiger partial charge in [0.15, 0.2) is 0 Å². The van der Waals surface area contributed by atoms with Gasteiger partial charge in [0, 0.05) is 85.6 Å². The zero-order valence-corrected chi connectivity index (χ0v) is 52.8. The number of fused-ring (bicyclic) bond motifs is 3. The number of amides is 7. The Morgan fingerprint density at radius 3 is 1.17 bits per heavy atom. The molecule has 17 heteroatoms. The van der Waals surface area contributed by atoms with Crippen LogP contribution in [0, 0.1) is 23.7 Å². The van der Waals surface area contributed by atoms with Crippen molar-refractivity contribution in [3.8, 4) is 11.1 Å². The van der Waals surface area contributed by atoms with E-state index in [0.29, 0.717) is 24.3 Å². The van der Waals surface area contributed by atoms with Crippen molar-refractivity contribution in [2.24, 2.45) is 23.7 Å². The van der Waals surface area contributed by atoms with Crippen LogP contribution >= 0.6 is 0 Å². The summed E-state index contributed by atoms with van der Waals surface area (Å²) in [7, 11) is 0. The van der Waals surface area contributed by atoms with Crippen molar-refractivity contribution in [2.45, 2.75) is 125 Å². The Morgan fingerprint density at radius 2 is 0.753 bits per heavy atom. The number of nitrogens with one attached hydrogen (secondary N) is 5. The number of benzene rings is 6. The van der Waals surface area contributed by atoms with Gasteiger partial charge in [0.25, 0.3) is 11.8 Å². The monoisotopic (exact) mass is 1260 g/mol. The number of hydrogen-bond donors (Lipinski definition) is 5. The van der Waals surface area contributed by atoms with E-state index >= 15 is 0 Å². The second kappa shape index (κ2) is 30.1. The quantitative estimate of drug-likeness (QED) is 0.0221. The molecule has 0 aromatic heterocycles. The molecule has 6 aliphatic rings. The van der Waals surface area contributed by atoms with Gasteiger partial charge in [-0.05, 0) is 95.3 Å². The highest BCUT2D eigenvalue weighted by atomic mass is 16.6. The van der Waals surface area contributed by atoms with Crippen molar-refractivity contribution in [2.75, 3.05) is 52.5 Å². The minimum Gasteiger partial charge on any atom is -0.464 e. The van der Waals surface area contributed by atoms with Gasteiger partial charge < -0.3 is 45.9 Å². The molecule has 3 saturated carbocycles. The molecule has 5 N–H and O–H groups in total. The highest BCUT2D eigenvalue weighted by Crippen LogP contribution is 2.46. The summed E-state index contributed by atoms with van der Waals surface area (Å²) < 4.78 is 10.9. The number of ether oxygens (including phenoxy) is 2. The molecule has 0 radical (unpaired) electrons. The lowest BCUT2D eigenvalue weighted by Crippen LogP contribution is -2.43. The smallest absolute Gasteiger partial charge is 0.407 e. The lowest BCUT2D eigenvalue weighted by Gasteiger charge is -2.18. The standard InChI is InChI=1S/C76H85N7O10/c84-69(43-78-76(91)93-48-65-56-32-20-18-30-54(56)55-31-19-21-33-57(55)65)92-39-23-8-6-4-2-1-3-5-7-22-38-77-70(85)61-44-82(45-62(61)71(86)79-66-40-58(66)49-24-12-9-13-25-49)74(89)52-34-36-53(37-35-52)75(90)83-46-63(72(87)80-67-41-59(67)50-26-14-10-15-27-50)64(47-83)73(88)81-68-42-60(68)51-28-16-11-17-29-51/h9-21,24-37,58-68H,1-8,22-23,38-48H2,(H,77,85)(H,78,91)(H,79,86)(H,80,87)(H,81,88)/t58-,59-,60-,61-,62-,63-,64-,66+,67+,68+/m1/s1. The predicted octanol–water partition coefficient (Wildman–Crippen LogP) is 10.2. The van der Waals surface area contributed by atoms with Crippen LogP contribution < -0.4 is 26.6 Å². The number of carbonyl (C=O) groups is 8. The van der Waals surface area contributed by atoms with Crippen molar-refractivity contribution < 1.29 is 47.8 Å². The SMILES string of the molecule is O=C(CNC(=O)OCC1c2ccccc2-c2ccccc21)OCCCCCCCCCCCCNC(=O)[C@@H]1CN(C(=O)c2ccc(C(=O)N3C[C@@H](C(=O)N[C@H]4C[C@@H]4c4ccccc4)[C@H](C(=O)N[C@H]4C[C@@H]4c4ccccc4)C3)cc2)C[C@H]1C(=O)N[C@H]1C[C@@H]1c1ccccc1. The molecule has 2 saturated heterocycles. The summed E-state index contributed by atoms with van der Waals surface area (Å²) in [5.41, 5.74) is 8.60. The molecule has 2 heterocycles. The van der Waals surface area contributed by atoms with Crippen LogP contribution in [-0.4, -0.2) is 128 Å². The van der Waals surface area contributed by atoms with Crippen molar-refractivity contribution in [3.05, 3.63) is 203 Å². The minimum atomic E-state index is -0.758. The molecule has 2 aliphatic heterocycles. The number of hydrogen-bond acceptors (Lipinski definition) is 10. The number of nitrogens with zero attached hydrogens (tertiary/aromatic N) is 2. The van der Waals surface area contributed by atoms with E-state index in [1.165, 1.54) is 0 Å². The van der Waals surface area contributed by atoms with E-state index in [1.807, 2.05) is 78.9 Å². The molecule has 0 unspecified atom stereocenters. The van der Waals surface area contributed by atoms with Gasteiger partial charge in [-0.1, -0.05) is 191 Å². The average molecular weight is 1260 g/mol. The van der Waals surface area contributed by atoms with E-state index < -0.39 is 35.7 Å². The molecule has 7 amide bonds. The summed E-state index contributed by atoms with van der Waals surface area (Å²) in [6.07, 6.45) is 11.6. The number of unbranched alkanes of at least 4 members (excludes halogenated alkanes) is 9. The summed E-state index contributed by atoms with van der Waals surface area (Å²) in [4.78, 5) is 113. The van der Waals surface area contributed by atoms with Crippen molar-refractivity contribution in [3.63, 3.8) is 0 Å². The fraction of sp³-hybridized carbons (Fsp3) is 0.421. The molecule has 484 valence electrons. The Balaban J connectivity index is 0.562. The molecule has 4 aliphatic carbocycles. The van der Waals surface area contributed by atoms with Crippen LogP contribution in [0.2, 0.25) is 0 Å². The average Bonchev–Trinajstić information content (AvgIpc) is 1.74. The second-order valence-electron chi connectivity index (χ2n) is 26.3.